The molecule has 1 saturated carbocycles. The van der Waals surface area contributed by atoms with Crippen LogP contribution in [0, 0.1) is 17.8 Å². The standard InChI is InChI=1S/C10H16O/c1-2-3-4-6-9-7-5-8-10(9)11/h9-11H,2,5-8H2,1H3. The van der Waals surface area contributed by atoms with Gasteiger partial charge in [-0.3, -0.25) is 0 Å². The zero-order valence-electron chi connectivity index (χ0n) is 7.14. The molecule has 1 rings (SSSR count). The molecule has 1 nitrogen and oxygen atoms in total. The van der Waals surface area contributed by atoms with Crippen molar-refractivity contribution in [2.24, 2.45) is 5.92 Å². The first-order valence-corrected chi connectivity index (χ1v) is 4.48. The molecule has 2 unspecified atom stereocenters. The zero-order chi connectivity index (χ0) is 8.10. The second-order valence-corrected chi connectivity index (χ2v) is 3.17. The zero-order valence-corrected chi connectivity index (χ0v) is 7.14. The summed E-state index contributed by atoms with van der Waals surface area (Å²) in [7, 11) is 0. The van der Waals surface area contributed by atoms with Crippen LogP contribution in [0.1, 0.15) is 39.0 Å². The molecule has 0 aliphatic heterocycles. The minimum atomic E-state index is -0.0684. The van der Waals surface area contributed by atoms with E-state index in [0.717, 1.165) is 19.3 Å². The van der Waals surface area contributed by atoms with Gasteiger partial charge in [-0.25, -0.2) is 0 Å². The summed E-state index contributed by atoms with van der Waals surface area (Å²) in [5, 5.41) is 9.42. The summed E-state index contributed by atoms with van der Waals surface area (Å²) in [4.78, 5) is 0. The van der Waals surface area contributed by atoms with Crippen molar-refractivity contribution in [2.45, 2.75) is 45.1 Å². The first kappa shape index (κ1) is 8.62. The van der Waals surface area contributed by atoms with Crippen molar-refractivity contribution in [3.63, 3.8) is 0 Å². The Labute approximate surface area is 68.8 Å². The fraction of sp³-hybridized carbons (Fsp3) is 0.800. The molecule has 0 bridgehead atoms. The highest BCUT2D eigenvalue weighted by atomic mass is 16.3. The topological polar surface area (TPSA) is 20.2 Å². The second-order valence-electron chi connectivity index (χ2n) is 3.17. The summed E-state index contributed by atoms with van der Waals surface area (Å²) in [6, 6.07) is 0. The van der Waals surface area contributed by atoms with Gasteiger partial charge in [0.2, 0.25) is 0 Å². The molecule has 62 valence electrons. The third-order valence-electron chi connectivity index (χ3n) is 2.28. The van der Waals surface area contributed by atoms with Crippen LogP contribution in [0.15, 0.2) is 0 Å². The van der Waals surface area contributed by atoms with E-state index in [1.807, 2.05) is 0 Å². The summed E-state index contributed by atoms with van der Waals surface area (Å²) in [6.07, 6.45) is 5.09. The number of hydrogen-bond acceptors (Lipinski definition) is 1. The van der Waals surface area contributed by atoms with E-state index in [-0.39, 0.29) is 6.10 Å². The first-order chi connectivity index (χ1) is 5.34. The molecule has 1 heteroatoms. The van der Waals surface area contributed by atoms with Crippen LogP contribution in [-0.2, 0) is 0 Å². The second kappa shape index (κ2) is 4.41. The van der Waals surface area contributed by atoms with Crippen molar-refractivity contribution in [2.75, 3.05) is 0 Å². The Morgan fingerprint density at radius 1 is 1.36 bits per heavy atom. The van der Waals surface area contributed by atoms with Gasteiger partial charge in [0.25, 0.3) is 0 Å². The smallest absolute Gasteiger partial charge is 0.0577 e. The van der Waals surface area contributed by atoms with E-state index >= 15 is 0 Å². The predicted octanol–water partition coefficient (Wildman–Crippen LogP) is 1.95. The molecule has 1 fully saturated rings. The van der Waals surface area contributed by atoms with Gasteiger partial charge in [-0.15, -0.1) is 11.8 Å². The highest BCUT2D eigenvalue weighted by molar-refractivity contribution is 5.00. The van der Waals surface area contributed by atoms with Crippen molar-refractivity contribution in [1.29, 1.82) is 0 Å². The van der Waals surface area contributed by atoms with E-state index in [0.29, 0.717) is 5.92 Å². The Morgan fingerprint density at radius 3 is 2.73 bits per heavy atom. The molecular formula is C10H16O. The van der Waals surface area contributed by atoms with Gasteiger partial charge >= 0.3 is 0 Å². The molecule has 1 aliphatic carbocycles. The lowest BCUT2D eigenvalue weighted by Gasteiger charge is -2.09. The van der Waals surface area contributed by atoms with Gasteiger partial charge in [-0.1, -0.05) is 13.3 Å². The number of hydrogen-bond donors (Lipinski definition) is 1. The van der Waals surface area contributed by atoms with Crippen LogP contribution in [-0.4, -0.2) is 11.2 Å². The minimum Gasteiger partial charge on any atom is -0.393 e. The highest BCUT2D eigenvalue weighted by Crippen LogP contribution is 2.27. The molecule has 0 aromatic carbocycles. The Hall–Kier alpha value is -0.480. The van der Waals surface area contributed by atoms with E-state index in [4.69, 9.17) is 0 Å². The molecule has 1 aliphatic rings. The van der Waals surface area contributed by atoms with Crippen LogP contribution in [0.4, 0.5) is 0 Å². The monoisotopic (exact) mass is 152 g/mol. The van der Waals surface area contributed by atoms with Crippen LogP contribution in [0.25, 0.3) is 0 Å². The van der Waals surface area contributed by atoms with Crippen LogP contribution in [0.2, 0.25) is 0 Å². The SMILES string of the molecule is CCC#CCC1CCCC1O. The van der Waals surface area contributed by atoms with E-state index < -0.39 is 0 Å². The maximum atomic E-state index is 9.42. The molecule has 0 radical (unpaired) electrons. The van der Waals surface area contributed by atoms with Gasteiger partial charge < -0.3 is 5.11 Å². The van der Waals surface area contributed by atoms with E-state index in [9.17, 15) is 5.11 Å². The molecule has 0 spiro atoms. The van der Waals surface area contributed by atoms with E-state index in [1.165, 1.54) is 12.8 Å². The average molecular weight is 152 g/mol. The molecule has 1 N–H and O–H groups in total. The first-order valence-electron chi connectivity index (χ1n) is 4.48. The van der Waals surface area contributed by atoms with Crippen LogP contribution >= 0.6 is 0 Å². The Morgan fingerprint density at radius 2 is 2.18 bits per heavy atom. The molecule has 0 aromatic heterocycles. The summed E-state index contributed by atoms with van der Waals surface area (Å²) >= 11 is 0. The maximum absolute atomic E-state index is 9.42. The Kier molecular flexibility index (Phi) is 3.45. The maximum Gasteiger partial charge on any atom is 0.0577 e. The lowest BCUT2D eigenvalue weighted by Crippen LogP contribution is -2.11. The highest BCUT2D eigenvalue weighted by Gasteiger charge is 2.23. The van der Waals surface area contributed by atoms with Gasteiger partial charge in [0.1, 0.15) is 0 Å². The lowest BCUT2D eigenvalue weighted by atomic mass is 10.0. The van der Waals surface area contributed by atoms with Crippen LogP contribution < -0.4 is 0 Å². The average Bonchev–Trinajstić information content (AvgIpc) is 2.37. The molecule has 0 heterocycles. The number of rotatable bonds is 1. The van der Waals surface area contributed by atoms with Gasteiger partial charge in [0, 0.05) is 12.8 Å². The number of aliphatic hydroxyl groups excluding tert-OH is 1. The minimum absolute atomic E-state index is 0.0684. The predicted molar refractivity (Wildman–Crippen MR) is 46.0 cm³/mol. The summed E-state index contributed by atoms with van der Waals surface area (Å²) in [6.45, 7) is 2.05. The fourth-order valence-corrected chi connectivity index (χ4v) is 1.58. The number of aliphatic hydroxyl groups is 1. The van der Waals surface area contributed by atoms with Crippen molar-refractivity contribution >= 4 is 0 Å². The normalized spacial score (nSPS) is 29.6. The molecule has 0 aromatic rings. The van der Waals surface area contributed by atoms with Crippen LogP contribution in [0.3, 0.4) is 0 Å². The lowest BCUT2D eigenvalue weighted by molar-refractivity contribution is 0.135. The van der Waals surface area contributed by atoms with E-state index in [2.05, 4.69) is 18.8 Å². The molecular weight excluding hydrogens is 136 g/mol. The summed E-state index contributed by atoms with van der Waals surface area (Å²) in [5.74, 6) is 6.60. The Balaban J connectivity index is 2.25. The Bertz CT molecular complexity index is 163. The third kappa shape index (κ3) is 2.55. The van der Waals surface area contributed by atoms with Crippen molar-refractivity contribution in [1.82, 2.24) is 0 Å². The molecule has 0 amide bonds. The van der Waals surface area contributed by atoms with Gasteiger partial charge in [0.15, 0.2) is 0 Å². The fourth-order valence-electron chi connectivity index (χ4n) is 1.58. The summed E-state index contributed by atoms with van der Waals surface area (Å²) < 4.78 is 0. The molecule has 0 saturated heterocycles. The van der Waals surface area contributed by atoms with Gasteiger partial charge in [-0.2, -0.15) is 0 Å². The quantitative estimate of drug-likeness (QED) is 0.569. The van der Waals surface area contributed by atoms with Crippen molar-refractivity contribution in [3.8, 4) is 11.8 Å². The summed E-state index contributed by atoms with van der Waals surface area (Å²) in [5.41, 5.74) is 0. The largest absolute Gasteiger partial charge is 0.393 e. The van der Waals surface area contributed by atoms with Gasteiger partial charge in [0.05, 0.1) is 6.10 Å². The van der Waals surface area contributed by atoms with Gasteiger partial charge in [-0.05, 0) is 18.8 Å². The van der Waals surface area contributed by atoms with E-state index in [1.54, 1.807) is 0 Å². The third-order valence-corrected chi connectivity index (χ3v) is 2.28. The van der Waals surface area contributed by atoms with Crippen molar-refractivity contribution in [3.05, 3.63) is 0 Å². The van der Waals surface area contributed by atoms with Crippen molar-refractivity contribution < 1.29 is 5.11 Å². The molecule has 2 atom stereocenters. The van der Waals surface area contributed by atoms with Crippen LogP contribution in [0.5, 0.6) is 0 Å². The molecule has 11 heavy (non-hydrogen) atoms.